The average Bonchev–Trinajstić information content (AvgIpc) is 2.09. The highest BCUT2D eigenvalue weighted by Gasteiger charge is 2.12. The standard InChI is InChI=1S/C7H8F2N2O.ClH/c1-12-7-5(11-10)3-2-4(8)6(7)9;/h2-3,11H,10H2,1H3;1H. The SMILES string of the molecule is COc1c(NN)ccc(F)c1F.Cl. The molecular weight excluding hydrogens is 202 g/mol. The number of rotatable bonds is 2. The van der Waals surface area contributed by atoms with Gasteiger partial charge >= 0.3 is 0 Å². The number of nitrogen functional groups attached to an aromatic ring is 1. The summed E-state index contributed by atoms with van der Waals surface area (Å²) in [6.45, 7) is 0. The highest BCUT2D eigenvalue weighted by molar-refractivity contribution is 5.85. The monoisotopic (exact) mass is 210 g/mol. The maximum atomic E-state index is 12.9. The maximum Gasteiger partial charge on any atom is 0.202 e. The molecule has 0 amide bonds. The molecule has 1 aromatic carbocycles. The van der Waals surface area contributed by atoms with Crippen LogP contribution < -0.4 is 16.0 Å². The van der Waals surface area contributed by atoms with Crippen LogP contribution in [-0.2, 0) is 0 Å². The number of hydrogen-bond acceptors (Lipinski definition) is 3. The van der Waals surface area contributed by atoms with Crippen LogP contribution in [0.2, 0.25) is 0 Å². The van der Waals surface area contributed by atoms with E-state index >= 15 is 0 Å². The lowest BCUT2D eigenvalue weighted by Gasteiger charge is -2.08. The Balaban J connectivity index is 0.00000144. The summed E-state index contributed by atoms with van der Waals surface area (Å²) in [5.41, 5.74) is 2.39. The number of nitrogens with one attached hydrogen (secondary N) is 1. The van der Waals surface area contributed by atoms with Crippen molar-refractivity contribution in [3.8, 4) is 5.75 Å². The topological polar surface area (TPSA) is 47.3 Å². The molecule has 0 radical (unpaired) electrons. The lowest BCUT2D eigenvalue weighted by molar-refractivity contribution is 0.373. The molecule has 0 saturated carbocycles. The molecule has 0 aliphatic heterocycles. The maximum absolute atomic E-state index is 12.9. The van der Waals surface area contributed by atoms with Crippen molar-refractivity contribution in [3.05, 3.63) is 23.8 Å². The number of halogens is 3. The number of hydrazine groups is 1. The molecule has 0 unspecified atom stereocenters. The van der Waals surface area contributed by atoms with Gasteiger partial charge in [0, 0.05) is 0 Å². The van der Waals surface area contributed by atoms with Crippen LogP contribution >= 0.6 is 12.4 Å². The number of anilines is 1. The van der Waals surface area contributed by atoms with E-state index in [9.17, 15) is 8.78 Å². The number of hydrogen-bond donors (Lipinski definition) is 2. The zero-order chi connectivity index (χ0) is 9.14. The number of nitrogens with two attached hydrogens (primary N) is 1. The van der Waals surface area contributed by atoms with Crippen molar-refractivity contribution in [2.45, 2.75) is 0 Å². The fourth-order valence-corrected chi connectivity index (χ4v) is 0.845. The lowest BCUT2D eigenvalue weighted by Crippen LogP contribution is -2.09. The Morgan fingerprint density at radius 2 is 2.00 bits per heavy atom. The van der Waals surface area contributed by atoms with E-state index in [0.29, 0.717) is 0 Å². The molecule has 3 N–H and O–H groups in total. The van der Waals surface area contributed by atoms with E-state index in [1.165, 1.54) is 13.2 Å². The third-order valence-corrected chi connectivity index (χ3v) is 1.41. The van der Waals surface area contributed by atoms with E-state index in [1.54, 1.807) is 0 Å². The van der Waals surface area contributed by atoms with E-state index in [4.69, 9.17) is 5.84 Å². The van der Waals surface area contributed by atoms with Gasteiger partial charge in [0.05, 0.1) is 12.8 Å². The summed E-state index contributed by atoms with van der Waals surface area (Å²) < 4.78 is 30.0. The highest BCUT2D eigenvalue weighted by Crippen LogP contribution is 2.28. The van der Waals surface area contributed by atoms with Gasteiger partial charge in [0.1, 0.15) is 0 Å². The van der Waals surface area contributed by atoms with Crippen LogP contribution in [0.4, 0.5) is 14.5 Å². The Morgan fingerprint density at radius 1 is 1.38 bits per heavy atom. The molecule has 0 saturated heterocycles. The molecular formula is C7H9ClF2N2O. The summed E-state index contributed by atoms with van der Waals surface area (Å²) in [7, 11) is 1.23. The zero-order valence-corrected chi connectivity index (χ0v) is 7.62. The number of benzene rings is 1. The molecule has 0 heterocycles. The molecule has 6 heteroatoms. The minimum atomic E-state index is -1.05. The van der Waals surface area contributed by atoms with Gasteiger partial charge in [0.2, 0.25) is 5.82 Å². The van der Waals surface area contributed by atoms with Crippen LogP contribution in [0.3, 0.4) is 0 Å². The van der Waals surface area contributed by atoms with E-state index < -0.39 is 11.6 Å². The molecule has 0 aliphatic carbocycles. The molecule has 13 heavy (non-hydrogen) atoms. The van der Waals surface area contributed by atoms with Crippen LogP contribution in [0.1, 0.15) is 0 Å². The Hall–Kier alpha value is -1.07. The van der Waals surface area contributed by atoms with E-state index in [1.807, 2.05) is 0 Å². The van der Waals surface area contributed by atoms with Gasteiger partial charge in [-0.15, -0.1) is 12.4 Å². The summed E-state index contributed by atoms with van der Waals surface area (Å²) in [5, 5.41) is 0. The molecule has 0 atom stereocenters. The minimum absolute atomic E-state index is 0. The quantitative estimate of drug-likeness (QED) is 0.577. The van der Waals surface area contributed by atoms with E-state index in [-0.39, 0.29) is 23.8 Å². The van der Waals surface area contributed by atoms with Gasteiger partial charge in [-0.1, -0.05) is 0 Å². The molecule has 1 rings (SSSR count). The highest BCUT2D eigenvalue weighted by atomic mass is 35.5. The second-order valence-corrected chi connectivity index (χ2v) is 2.09. The second kappa shape index (κ2) is 4.84. The molecule has 3 nitrogen and oxygen atoms in total. The smallest absolute Gasteiger partial charge is 0.202 e. The summed E-state index contributed by atoms with van der Waals surface area (Å²) in [6.07, 6.45) is 0. The van der Waals surface area contributed by atoms with Crippen LogP contribution in [-0.4, -0.2) is 7.11 Å². The average molecular weight is 211 g/mol. The Morgan fingerprint density at radius 3 is 2.46 bits per heavy atom. The normalized spacial score (nSPS) is 8.92. The van der Waals surface area contributed by atoms with E-state index in [2.05, 4.69) is 10.2 Å². The predicted octanol–water partition coefficient (Wildman–Crippen LogP) is 1.68. The fraction of sp³-hybridized carbons (Fsp3) is 0.143. The van der Waals surface area contributed by atoms with Gasteiger partial charge < -0.3 is 10.2 Å². The van der Waals surface area contributed by atoms with Crippen molar-refractivity contribution in [1.29, 1.82) is 0 Å². The van der Waals surface area contributed by atoms with Crippen molar-refractivity contribution in [2.75, 3.05) is 12.5 Å². The third-order valence-electron chi connectivity index (χ3n) is 1.41. The first-order valence-corrected chi connectivity index (χ1v) is 3.19. The Bertz CT molecular complexity index is 296. The van der Waals surface area contributed by atoms with Crippen LogP contribution in [0.25, 0.3) is 0 Å². The molecule has 74 valence electrons. The summed E-state index contributed by atoms with van der Waals surface area (Å²) in [5.74, 6) is 2.79. The molecule has 0 aliphatic rings. The molecule has 1 aromatic rings. The van der Waals surface area contributed by atoms with Crippen molar-refractivity contribution in [1.82, 2.24) is 0 Å². The fourth-order valence-electron chi connectivity index (χ4n) is 0.845. The van der Waals surface area contributed by atoms with Crippen molar-refractivity contribution >= 4 is 18.1 Å². The third kappa shape index (κ3) is 2.19. The van der Waals surface area contributed by atoms with Crippen LogP contribution in [0.15, 0.2) is 12.1 Å². The lowest BCUT2D eigenvalue weighted by atomic mass is 10.3. The summed E-state index contributed by atoms with van der Waals surface area (Å²) >= 11 is 0. The Kier molecular flexibility index (Phi) is 4.44. The first-order valence-electron chi connectivity index (χ1n) is 3.19. The largest absolute Gasteiger partial charge is 0.491 e. The van der Waals surface area contributed by atoms with Gasteiger partial charge in [0.25, 0.3) is 0 Å². The molecule has 0 fully saturated rings. The van der Waals surface area contributed by atoms with Gasteiger partial charge in [-0.3, -0.25) is 5.84 Å². The zero-order valence-electron chi connectivity index (χ0n) is 6.80. The van der Waals surface area contributed by atoms with Gasteiger partial charge in [0.15, 0.2) is 11.6 Å². The van der Waals surface area contributed by atoms with Crippen molar-refractivity contribution in [3.63, 3.8) is 0 Å². The first kappa shape index (κ1) is 11.9. The second-order valence-electron chi connectivity index (χ2n) is 2.09. The number of ether oxygens (including phenoxy) is 1. The summed E-state index contributed by atoms with van der Waals surface area (Å²) in [6, 6.07) is 2.25. The van der Waals surface area contributed by atoms with Crippen molar-refractivity contribution < 1.29 is 13.5 Å². The Labute approximate surface area is 80.3 Å². The van der Waals surface area contributed by atoms with Crippen LogP contribution in [0.5, 0.6) is 5.75 Å². The molecule has 0 bridgehead atoms. The molecule has 0 spiro atoms. The van der Waals surface area contributed by atoms with Crippen LogP contribution in [0, 0.1) is 11.6 Å². The minimum Gasteiger partial charge on any atom is -0.491 e. The van der Waals surface area contributed by atoms with E-state index in [0.717, 1.165) is 6.07 Å². The van der Waals surface area contributed by atoms with Gasteiger partial charge in [-0.05, 0) is 12.1 Å². The molecule has 0 aromatic heterocycles. The summed E-state index contributed by atoms with van der Waals surface area (Å²) in [4.78, 5) is 0. The van der Waals surface area contributed by atoms with Gasteiger partial charge in [-0.25, -0.2) is 4.39 Å². The number of methoxy groups -OCH3 is 1. The van der Waals surface area contributed by atoms with Crippen molar-refractivity contribution in [2.24, 2.45) is 5.84 Å². The first-order chi connectivity index (χ1) is 5.70. The predicted molar refractivity (Wildman–Crippen MR) is 48.0 cm³/mol. The van der Waals surface area contributed by atoms with Gasteiger partial charge in [-0.2, -0.15) is 4.39 Å².